The minimum atomic E-state index is -1.00. The summed E-state index contributed by atoms with van der Waals surface area (Å²) >= 11 is 5.62. The maximum Gasteiger partial charge on any atom is 0.322 e. The number of carbonyl (C=O) groups excluding carboxylic acids is 1. The molecule has 0 fully saturated rings. The number of halogens is 2. The molecule has 0 heterocycles. The molecule has 0 spiro atoms. The van der Waals surface area contributed by atoms with Gasteiger partial charge in [0.25, 0.3) is 0 Å². The van der Waals surface area contributed by atoms with Gasteiger partial charge >= 0.3 is 12.0 Å². The standard InChI is InChI=1S/C13H16ClFN2O3/c1-3-17(8(2)7-11(18)19)13(20)16-10-6-4-5-9(14)12(10)15/h4-6,8H,3,7H2,1-2H3,(H,16,20)(H,18,19). The van der Waals surface area contributed by atoms with E-state index in [1.54, 1.807) is 13.8 Å². The van der Waals surface area contributed by atoms with Crippen LogP contribution in [0.5, 0.6) is 0 Å². The fraction of sp³-hybridized carbons (Fsp3) is 0.385. The maximum atomic E-state index is 13.7. The highest BCUT2D eigenvalue weighted by Crippen LogP contribution is 2.22. The van der Waals surface area contributed by atoms with Gasteiger partial charge in [0.2, 0.25) is 0 Å². The first-order valence-electron chi connectivity index (χ1n) is 6.10. The van der Waals surface area contributed by atoms with E-state index >= 15 is 0 Å². The smallest absolute Gasteiger partial charge is 0.322 e. The average molecular weight is 303 g/mol. The Hall–Kier alpha value is -1.82. The number of rotatable bonds is 5. The van der Waals surface area contributed by atoms with Gasteiger partial charge in [0, 0.05) is 12.6 Å². The third kappa shape index (κ3) is 4.09. The zero-order chi connectivity index (χ0) is 15.3. The maximum absolute atomic E-state index is 13.7. The molecule has 7 heteroatoms. The second kappa shape index (κ2) is 7.09. The molecule has 0 aliphatic rings. The second-order valence-electron chi connectivity index (χ2n) is 4.26. The van der Waals surface area contributed by atoms with Crippen molar-refractivity contribution >= 4 is 29.3 Å². The van der Waals surface area contributed by atoms with Gasteiger partial charge in [0.1, 0.15) is 0 Å². The summed E-state index contributed by atoms with van der Waals surface area (Å²) in [4.78, 5) is 24.0. The Kier molecular flexibility index (Phi) is 5.76. The zero-order valence-corrected chi connectivity index (χ0v) is 11.9. The number of hydrogen-bond acceptors (Lipinski definition) is 2. The van der Waals surface area contributed by atoms with Gasteiger partial charge in [-0.15, -0.1) is 0 Å². The van der Waals surface area contributed by atoms with Crippen molar-refractivity contribution in [3.63, 3.8) is 0 Å². The second-order valence-corrected chi connectivity index (χ2v) is 4.67. The largest absolute Gasteiger partial charge is 0.481 e. The van der Waals surface area contributed by atoms with E-state index in [2.05, 4.69) is 5.32 Å². The minimum Gasteiger partial charge on any atom is -0.481 e. The molecule has 1 aromatic carbocycles. The number of hydrogen-bond donors (Lipinski definition) is 2. The van der Waals surface area contributed by atoms with E-state index in [4.69, 9.17) is 16.7 Å². The van der Waals surface area contributed by atoms with Gasteiger partial charge in [-0.25, -0.2) is 9.18 Å². The van der Waals surface area contributed by atoms with Crippen LogP contribution < -0.4 is 5.32 Å². The highest BCUT2D eigenvalue weighted by atomic mass is 35.5. The predicted octanol–water partition coefficient (Wildman–Crippen LogP) is 3.20. The van der Waals surface area contributed by atoms with Crippen molar-refractivity contribution in [1.29, 1.82) is 0 Å². The summed E-state index contributed by atoms with van der Waals surface area (Å²) < 4.78 is 13.7. The molecule has 2 amide bonds. The van der Waals surface area contributed by atoms with E-state index in [1.807, 2.05) is 0 Å². The van der Waals surface area contributed by atoms with Crippen LogP contribution in [0.2, 0.25) is 5.02 Å². The molecule has 0 aromatic heterocycles. The lowest BCUT2D eigenvalue weighted by Crippen LogP contribution is -2.42. The van der Waals surface area contributed by atoms with Gasteiger partial charge in [0.05, 0.1) is 17.1 Å². The molecule has 1 unspecified atom stereocenters. The summed E-state index contributed by atoms with van der Waals surface area (Å²) in [5.74, 6) is -1.72. The fourth-order valence-corrected chi connectivity index (χ4v) is 1.98. The Morgan fingerprint density at radius 1 is 1.50 bits per heavy atom. The Balaban J connectivity index is 2.82. The Morgan fingerprint density at radius 3 is 2.70 bits per heavy atom. The molecule has 0 aliphatic carbocycles. The van der Waals surface area contributed by atoms with Crippen molar-refractivity contribution < 1.29 is 19.1 Å². The number of urea groups is 1. The monoisotopic (exact) mass is 302 g/mol. The summed E-state index contributed by atoms with van der Waals surface area (Å²) in [5, 5.41) is 11.0. The number of aliphatic carboxylic acids is 1. The van der Waals surface area contributed by atoms with Gasteiger partial charge < -0.3 is 15.3 Å². The topological polar surface area (TPSA) is 69.6 Å². The number of nitrogens with zero attached hydrogens (tertiary/aromatic N) is 1. The zero-order valence-electron chi connectivity index (χ0n) is 11.2. The lowest BCUT2D eigenvalue weighted by Gasteiger charge is -2.27. The van der Waals surface area contributed by atoms with Crippen LogP contribution in [0.3, 0.4) is 0 Å². The molecule has 0 bridgehead atoms. The van der Waals surface area contributed by atoms with Crippen LogP contribution in [0.25, 0.3) is 0 Å². The summed E-state index contributed by atoms with van der Waals surface area (Å²) in [7, 11) is 0. The van der Waals surface area contributed by atoms with Gasteiger partial charge in [-0.2, -0.15) is 0 Å². The third-order valence-electron chi connectivity index (χ3n) is 2.80. The Labute approximate surface area is 121 Å². The molecule has 5 nitrogen and oxygen atoms in total. The summed E-state index contributed by atoms with van der Waals surface area (Å²) in [5.41, 5.74) is -0.0384. The molecule has 110 valence electrons. The average Bonchev–Trinajstić information content (AvgIpc) is 2.35. The van der Waals surface area contributed by atoms with Crippen LogP contribution >= 0.6 is 11.6 Å². The molecule has 2 N–H and O–H groups in total. The number of carbonyl (C=O) groups is 2. The van der Waals surface area contributed by atoms with Crippen LogP contribution in [0, 0.1) is 5.82 Å². The van der Waals surface area contributed by atoms with E-state index in [9.17, 15) is 14.0 Å². The molecular formula is C13H16ClFN2O3. The first-order valence-corrected chi connectivity index (χ1v) is 6.48. The van der Waals surface area contributed by atoms with Crippen LogP contribution in [0.15, 0.2) is 18.2 Å². The van der Waals surface area contributed by atoms with E-state index in [1.165, 1.54) is 23.1 Å². The lowest BCUT2D eigenvalue weighted by molar-refractivity contribution is -0.137. The quantitative estimate of drug-likeness (QED) is 0.877. The van der Waals surface area contributed by atoms with Crippen molar-refractivity contribution in [1.82, 2.24) is 4.90 Å². The summed E-state index contributed by atoms with van der Waals surface area (Å²) in [6.45, 7) is 3.64. The number of benzene rings is 1. The van der Waals surface area contributed by atoms with E-state index < -0.39 is 23.9 Å². The summed E-state index contributed by atoms with van der Waals surface area (Å²) in [6, 6.07) is 3.20. The fourth-order valence-electron chi connectivity index (χ4n) is 1.81. The highest BCUT2D eigenvalue weighted by molar-refractivity contribution is 6.31. The molecule has 0 saturated carbocycles. The third-order valence-corrected chi connectivity index (χ3v) is 3.09. The molecule has 20 heavy (non-hydrogen) atoms. The van der Waals surface area contributed by atoms with Gasteiger partial charge in [-0.3, -0.25) is 4.79 Å². The van der Waals surface area contributed by atoms with Crippen molar-refractivity contribution in [2.75, 3.05) is 11.9 Å². The van der Waals surface area contributed by atoms with E-state index in [0.29, 0.717) is 6.54 Å². The Morgan fingerprint density at radius 2 is 2.15 bits per heavy atom. The first-order chi connectivity index (χ1) is 9.36. The molecule has 1 rings (SSSR count). The van der Waals surface area contributed by atoms with Crippen LogP contribution in [-0.2, 0) is 4.79 Å². The number of carboxylic acid groups (broad SMARTS) is 1. The molecule has 0 saturated heterocycles. The minimum absolute atomic E-state index is 0.0384. The molecule has 1 atom stereocenters. The van der Waals surface area contributed by atoms with Gasteiger partial charge in [-0.05, 0) is 26.0 Å². The molecule has 0 aliphatic heterocycles. The SMILES string of the molecule is CCN(C(=O)Nc1cccc(Cl)c1F)C(C)CC(=O)O. The van der Waals surface area contributed by atoms with E-state index in [0.717, 1.165) is 0 Å². The van der Waals surface area contributed by atoms with Crippen LogP contribution in [0.1, 0.15) is 20.3 Å². The molecule has 1 aromatic rings. The van der Waals surface area contributed by atoms with Crippen molar-refractivity contribution in [3.05, 3.63) is 29.0 Å². The van der Waals surface area contributed by atoms with Gasteiger partial charge in [-0.1, -0.05) is 17.7 Å². The number of carboxylic acids is 1. The lowest BCUT2D eigenvalue weighted by atomic mass is 10.2. The first kappa shape index (κ1) is 16.2. The predicted molar refractivity (Wildman–Crippen MR) is 74.5 cm³/mol. The van der Waals surface area contributed by atoms with Crippen LogP contribution in [0.4, 0.5) is 14.9 Å². The van der Waals surface area contributed by atoms with Crippen molar-refractivity contribution in [2.24, 2.45) is 0 Å². The Bertz CT molecular complexity index is 510. The summed E-state index contributed by atoms with van der Waals surface area (Å²) in [6.07, 6.45) is -0.181. The van der Waals surface area contributed by atoms with Crippen molar-refractivity contribution in [2.45, 2.75) is 26.3 Å². The molecule has 0 radical (unpaired) electrons. The number of nitrogens with one attached hydrogen (secondary N) is 1. The molecular weight excluding hydrogens is 287 g/mol. The normalized spacial score (nSPS) is 11.8. The van der Waals surface area contributed by atoms with Gasteiger partial charge in [0.15, 0.2) is 5.82 Å². The number of anilines is 1. The van der Waals surface area contributed by atoms with Crippen molar-refractivity contribution in [3.8, 4) is 0 Å². The number of amides is 2. The highest BCUT2D eigenvalue weighted by Gasteiger charge is 2.21. The van der Waals surface area contributed by atoms with Crippen LogP contribution in [-0.4, -0.2) is 34.6 Å². The van der Waals surface area contributed by atoms with E-state index in [-0.39, 0.29) is 17.1 Å².